The Labute approximate surface area is 123 Å². The Kier molecular flexibility index (Phi) is 3.43. The molecule has 20 heavy (non-hydrogen) atoms. The number of nitrogens with zero attached hydrogens (tertiary/aromatic N) is 2. The topological polar surface area (TPSA) is 58.6 Å². The first kappa shape index (κ1) is 12.7. The van der Waals surface area contributed by atoms with E-state index in [1.807, 2.05) is 42.5 Å². The molecule has 0 fully saturated rings. The minimum atomic E-state index is -0.203. The number of hydrogen-bond donors (Lipinski definition) is 1. The van der Waals surface area contributed by atoms with Gasteiger partial charge in [-0.2, -0.15) is 0 Å². The molecule has 0 saturated heterocycles. The van der Waals surface area contributed by atoms with E-state index in [2.05, 4.69) is 30.9 Å². The number of H-pyrrole nitrogens is 1. The molecule has 1 aromatic carbocycles. The van der Waals surface area contributed by atoms with Crippen molar-refractivity contribution in [2.75, 3.05) is 0 Å². The van der Waals surface area contributed by atoms with Crippen molar-refractivity contribution >= 4 is 15.9 Å². The first-order chi connectivity index (χ1) is 9.75. The molecule has 0 bridgehead atoms. The summed E-state index contributed by atoms with van der Waals surface area (Å²) < 4.78 is 0.420. The number of aromatic amines is 1. The van der Waals surface area contributed by atoms with E-state index in [1.54, 1.807) is 12.4 Å². The van der Waals surface area contributed by atoms with Crippen LogP contribution in [0.2, 0.25) is 0 Å². The maximum atomic E-state index is 12.0. The highest BCUT2D eigenvalue weighted by atomic mass is 79.9. The number of rotatable bonds is 2. The van der Waals surface area contributed by atoms with Crippen molar-refractivity contribution < 1.29 is 0 Å². The molecule has 3 rings (SSSR count). The lowest BCUT2D eigenvalue weighted by Crippen LogP contribution is -2.11. The predicted molar refractivity (Wildman–Crippen MR) is 81.2 cm³/mol. The maximum Gasteiger partial charge on any atom is 0.266 e. The zero-order valence-electron chi connectivity index (χ0n) is 10.4. The van der Waals surface area contributed by atoms with E-state index in [0.29, 0.717) is 16.0 Å². The Bertz CT molecular complexity index is 785. The molecule has 2 heterocycles. The highest BCUT2D eigenvalue weighted by Gasteiger charge is 2.11. The summed E-state index contributed by atoms with van der Waals surface area (Å²) in [7, 11) is 0. The van der Waals surface area contributed by atoms with Gasteiger partial charge in [-0.1, -0.05) is 30.3 Å². The number of hydrogen-bond acceptors (Lipinski definition) is 3. The van der Waals surface area contributed by atoms with Crippen molar-refractivity contribution in [2.45, 2.75) is 0 Å². The van der Waals surface area contributed by atoms with Gasteiger partial charge in [0.2, 0.25) is 0 Å². The molecule has 2 aromatic heterocycles. The molecule has 0 atom stereocenters. The van der Waals surface area contributed by atoms with Crippen LogP contribution in [-0.4, -0.2) is 15.0 Å². The van der Waals surface area contributed by atoms with Gasteiger partial charge in [-0.25, -0.2) is 4.98 Å². The van der Waals surface area contributed by atoms with Gasteiger partial charge in [-0.15, -0.1) is 0 Å². The molecule has 0 unspecified atom stereocenters. The van der Waals surface area contributed by atoms with Crippen LogP contribution in [-0.2, 0) is 0 Å². The molecule has 0 saturated carbocycles. The van der Waals surface area contributed by atoms with Crippen LogP contribution in [0.3, 0.4) is 0 Å². The van der Waals surface area contributed by atoms with Crippen LogP contribution < -0.4 is 5.56 Å². The monoisotopic (exact) mass is 327 g/mol. The van der Waals surface area contributed by atoms with E-state index >= 15 is 0 Å². The standard InChI is InChI=1S/C15H10BrN3O/c16-12-13(10-6-8-17-9-7-10)18-14(19-15(12)20)11-4-2-1-3-5-11/h1-9H,(H,18,19,20). The highest BCUT2D eigenvalue weighted by molar-refractivity contribution is 9.10. The van der Waals surface area contributed by atoms with Crippen LogP contribution in [0.5, 0.6) is 0 Å². The van der Waals surface area contributed by atoms with Crippen LogP contribution >= 0.6 is 15.9 Å². The van der Waals surface area contributed by atoms with Crippen molar-refractivity contribution in [3.05, 3.63) is 69.7 Å². The molecule has 0 spiro atoms. The van der Waals surface area contributed by atoms with E-state index in [9.17, 15) is 4.79 Å². The van der Waals surface area contributed by atoms with E-state index in [1.165, 1.54) is 0 Å². The fourth-order valence-electron chi connectivity index (χ4n) is 1.89. The van der Waals surface area contributed by atoms with Crippen molar-refractivity contribution in [3.63, 3.8) is 0 Å². The second kappa shape index (κ2) is 5.38. The van der Waals surface area contributed by atoms with Gasteiger partial charge in [0.15, 0.2) is 0 Å². The third kappa shape index (κ3) is 2.40. The fraction of sp³-hybridized carbons (Fsp3) is 0. The summed E-state index contributed by atoms with van der Waals surface area (Å²) in [6.45, 7) is 0. The highest BCUT2D eigenvalue weighted by Crippen LogP contribution is 2.24. The SMILES string of the molecule is O=c1[nH]c(-c2ccccc2)nc(-c2ccncc2)c1Br. The second-order valence-electron chi connectivity index (χ2n) is 4.18. The van der Waals surface area contributed by atoms with E-state index in [4.69, 9.17) is 0 Å². The normalized spacial score (nSPS) is 10.4. The summed E-state index contributed by atoms with van der Waals surface area (Å²) in [5.74, 6) is 0.547. The Balaban J connectivity index is 2.22. The minimum Gasteiger partial charge on any atom is -0.306 e. The predicted octanol–water partition coefficient (Wildman–Crippen LogP) is 3.26. The summed E-state index contributed by atoms with van der Waals surface area (Å²) in [4.78, 5) is 23.3. The van der Waals surface area contributed by atoms with Gasteiger partial charge >= 0.3 is 0 Å². The van der Waals surface area contributed by atoms with Gasteiger partial charge in [-0.3, -0.25) is 9.78 Å². The van der Waals surface area contributed by atoms with E-state index in [0.717, 1.165) is 11.1 Å². The van der Waals surface area contributed by atoms with E-state index in [-0.39, 0.29) is 5.56 Å². The average molecular weight is 328 g/mol. The lowest BCUT2D eigenvalue weighted by Gasteiger charge is -2.06. The smallest absolute Gasteiger partial charge is 0.266 e. The van der Waals surface area contributed by atoms with Crippen LogP contribution in [0.4, 0.5) is 0 Å². The largest absolute Gasteiger partial charge is 0.306 e. The zero-order chi connectivity index (χ0) is 13.9. The second-order valence-corrected chi connectivity index (χ2v) is 4.97. The molecular formula is C15H10BrN3O. The number of pyridine rings is 1. The number of benzene rings is 1. The Hall–Kier alpha value is -2.27. The number of nitrogens with one attached hydrogen (secondary N) is 1. The summed E-state index contributed by atoms with van der Waals surface area (Å²) in [6.07, 6.45) is 3.35. The maximum absolute atomic E-state index is 12.0. The summed E-state index contributed by atoms with van der Waals surface area (Å²) in [5.41, 5.74) is 2.11. The van der Waals surface area contributed by atoms with Crippen molar-refractivity contribution in [2.24, 2.45) is 0 Å². The van der Waals surface area contributed by atoms with Crippen molar-refractivity contribution in [1.82, 2.24) is 15.0 Å². The molecule has 1 N–H and O–H groups in total. The molecule has 0 aliphatic carbocycles. The summed E-state index contributed by atoms with van der Waals surface area (Å²) >= 11 is 3.30. The van der Waals surface area contributed by atoms with Crippen molar-refractivity contribution in [1.29, 1.82) is 0 Å². The molecule has 0 radical (unpaired) electrons. The van der Waals surface area contributed by atoms with Gasteiger partial charge in [0.25, 0.3) is 5.56 Å². The first-order valence-corrected chi connectivity index (χ1v) is 6.80. The van der Waals surface area contributed by atoms with Gasteiger partial charge in [-0.05, 0) is 28.1 Å². The molecule has 0 amide bonds. The van der Waals surface area contributed by atoms with Gasteiger partial charge in [0.1, 0.15) is 10.3 Å². The number of aromatic nitrogens is 3. The lowest BCUT2D eigenvalue weighted by atomic mass is 10.1. The molecule has 3 aromatic rings. The van der Waals surface area contributed by atoms with Gasteiger partial charge < -0.3 is 4.98 Å². The molecule has 5 heteroatoms. The van der Waals surface area contributed by atoms with Crippen LogP contribution in [0.15, 0.2) is 64.1 Å². The van der Waals surface area contributed by atoms with Crippen molar-refractivity contribution in [3.8, 4) is 22.6 Å². The van der Waals surface area contributed by atoms with Gasteiger partial charge in [0.05, 0.1) is 5.69 Å². The van der Waals surface area contributed by atoms with Gasteiger partial charge in [0, 0.05) is 23.5 Å². The van der Waals surface area contributed by atoms with Crippen LogP contribution in [0.1, 0.15) is 0 Å². The van der Waals surface area contributed by atoms with Crippen LogP contribution in [0.25, 0.3) is 22.6 Å². The minimum absolute atomic E-state index is 0.203. The third-order valence-electron chi connectivity index (χ3n) is 2.86. The lowest BCUT2D eigenvalue weighted by molar-refractivity contribution is 1.11. The fourth-order valence-corrected chi connectivity index (χ4v) is 2.31. The molecular weight excluding hydrogens is 318 g/mol. The summed E-state index contributed by atoms with van der Waals surface area (Å²) in [5, 5.41) is 0. The first-order valence-electron chi connectivity index (χ1n) is 6.01. The Morgan fingerprint density at radius 1 is 0.950 bits per heavy atom. The number of halogens is 1. The molecule has 0 aliphatic heterocycles. The zero-order valence-corrected chi connectivity index (χ0v) is 12.0. The Morgan fingerprint density at radius 2 is 1.65 bits per heavy atom. The Morgan fingerprint density at radius 3 is 2.35 bits per heavy atom. The van der Waals surface area contributed by atoms with Crippen LogP contribution in [0, 0.1) is 0 Å². The third-order valence-corrected chi connectivity index (χ3v) is 3.60. The molecule has 4 nitrogen and oxygen atoms in total. The van der Waals surface area contributed by atoms with E-state index < -0.39 is 0 Å². The quantitative estimate of drug-likeness (QED) is 0.785. The molecule has 98 valence electrons. The summed E-state index contributed by atoms with van der Waals surface area (Å²) in [6, 6.07) is 13.2. The average Bonchev–Trinajstić information content (AvgIpc) is 2.51. The molecule has 0 aliphatic rings.